The van der Waals surface area contributed by atoms with Crippen molar-refractivity contribution in [2.75, 3.05) is 0 Å². The van der Waals surface area contributed by atoms with E-state index in [0.717, 1.165) is 0 Å². The minimum absolute atomic E-state index is 1.20. The Labute approximate surface area is 126 Å². The minimum atomic E-state index is -1.28. The van der Waals surface area contributed by atoms with Crippen molar-refractivity contribution in [2.24, 2.45) is 0 Å². The second-order valence-corrected chi connectivity index (χ2v) is 25.0. The SMILES string of the molecule is C[Si](C)(C)c1ccc([SiH3])c([Si](C)(C)C)c1[Si](C)(C)C. The molecule has 0 aliphatic rings. The lowest BCUT2D eigenvalue weighted by atomic mass is 10.3. The fraction of sp³-hybridized carbons (Fsp3) is 0.600. The highest BCUT2D eigenvalue weighted by Crippen LogP contribution is 2.09. The van der Waals surface area contributed by atoms with E-state index in [1.54, 1.807) is 10.4 Å². The van der Waals surface area contributed by atoms with Crippen molar-refractivity contribution in [2.45, 2.75) is 58.9 Å². The van der Waals surface area contributed by atoms with Crippen molar-refractivity contribution in [1.29, 1.82) is 0 Å². The minimum Gasteiger partial charge on any atom is -0.0716 e. The number of hydrogen-bond donors (Lipinski definition) is 0. The maximum atomic E-state index is 2.54. The average Bonchev–Trinajstić information content (AvgIpc) is 2.11. The Kier molecular flexibility index (Phi) is 4.63. The third kappa shape index (κ3) is 3.80. The van der Waals surface area contributed by atoms with Crippen LogP contribution in [0.5, 0.6) is 0 Å². The molecule has 0 amide bonds. The lowest BCUT2D eigenvalue weighted by Crippen LogP contribution is -2.70. The van der Waals surface area contributed by atoms with Crippen molar-refractivity contribution in [3.05, 3.63) is 12.1 Å². The summed E-state index contributed by atoms with van der Waals surface area (Å²) in [4.78, 5) is 0. The molecule has 0 N–H and O–H groups in total. The van der Waals surface area contributed by atoms with Gasteiger partial charge in [0.15, 0.2) is 0 Å². The molecule has 0 heterocycles. The van der Waals surface area contributed by atoms with Crippen molar-refractivity contribution in [3.8, 4) is 0 Å². The maximum absolute atomic E-state index is 2.54. The van der Waals surface area contributed by atoms with Crippen LogP contribution in [0.4, 0.5) is 0 Å². The van der Waals surface area contributed by atoms with Crippen LogP contribution in [0, 0.1) is 0 Å². The summed E-state index contributed by atoms with van der Waals surface area (Å²) in [6, 6.07) is 4.95. The Bertz CT molecular complexity index is 471. The van der Waals surface area contributed by atoms with Gasteiger partial charge in [0.25, 0.3) is 0 Å². The lowest BCUT2D eigenvalue weighted by molar-refractivity contribution is 1.67. The average molecular weight is 325 g/mol. The molecule has 1 aromatic rings. The summed E-state index contributed by atoms with van der Waals surface area (Å²) in [5, 5.41) is 7.11. The van der Waals surface area contributed by atoms with Gasteiger partial charge in [-0.05, 0) is 0 Å². The zero-order valence-electron chi connectivity index (χ0n) is 14.7. The zero-order chi connectivity index (χ0) is 15.2. The third-order valence-corrected chi connectivity index (χ3v) is 11.8. The molecule has 0 aliphatic heterocycles. The van der Waals surface area contributed by atoms with Crippen molar-refractivity contribution in [3.63, 3.8) is 0 Å². The third-order valence-electron chi connectivity index (χ3n) is 3.72. The van der Waals surface area contributed by atoms with E-state index < -0.39 is 24.2 Å². The van der Waals surface area contributed by atoms with Crippen LogP contribution < -0.4 is 20.7 Å². The van der Waals surface area contributed by atoms with Crippen LogP contribution in [-0.4, -0.2) is 34.5 Å². The predicted octanol–water partition coefficient (Wildman–Crippen LogP) is 1.31. The number of rotatable bonds is 3. The van der Waals surface area contributed by atoms with Gasteiger partial charge in [0.2, 0.25) is 0 Å². The van der Waals surface area contributed by atoms with E-state index in [-0.39, 0.29) is 0 Å². The second-order valence-electron chi connectivity index (χ2n) is 8.93. The normalized spacial score (nSPS) is 13.9. The Balaban J connectivity index is 3.82. The first-order valence-corrected chi connectivity index (χ1v) is 18.9. The van der Waals surface area contributed by atoms with Gasteiger partial charge in [-0.25, -0.2) is 0 Å². The van der Waals surface area contributed by atoms with Gasteiger partial charge in [0, 0.05) is 10.2 Å². The van der Waals surface area contributed by atoms with E-state index in [0.29, 0.717) is 0 Å². The van der Waals surface area contributed by atoms with Crippen molar-refractivity contribution >= 4 is 55.2 Å². The van der Waals surface area contributed by atoms with E-state index >= 15 is 0 Å². The molecule has 0 nitrogen and oxygen atoms in total. The molecule has 0 radical (unpaired) electrons. The molecule has 0 aliphatic carbocycles. The quantitative estimate of drug-likeness (QED) is 0.736. The molecular weight excluding hydrogens is 293 g/mol. The number of benzene rings is 1. The molecule has 0 saturated carbocycles. The van der Waals surface area contributed by atoms with Gasteiger partial charge in [0.05, 0.1) is 24.2 Å². The first kappa shape index (κ1) is 17.1. The molecule has 0 saturated heterocycles. The Morgan fingerprint density at radius 3 is 1.37 bits per heavy atom. The summed E-state index contributed by atoms with van der Waals surface area (Å²) in [6.45, 7) is 22.7. The van der Waals surface area contributed by atoms with Gasteiger partial charge in [-0.15, -0.1) is 0 Å². The molecule has 1 rings (SSSR count). The van der Waals surface area contributed by atoms with Gasteiger partial charge in [-0.2, -0.15) is 0 Å². The summed E-state index contributed by atoms with van der Waals surface area (Å²) >= 11 is 0. The summed E-state index contributed by atoms with van der Waals surface area (Å²) in [7, 11) is -2.59. The maximum Gasteiger partial charge on any atom is 0.0774 e. The largest absolute Gasteiger partial charge is 0.0774 e. The molecule has 1 aromatic carbocycles. The number of hydrogen-bond acceptors (Lipinski definition) is 0. The molecule has 0 fully saturated rings. The van der Waals surface area contributed by atoms with E-state index in [2.05, 4.69) is 71.1 Å². The van der Waals surface area contributed by atoms with Crippen LogP contribution >= 0.6 is 0 Å². The zero-order valence-corrected chi connectivity index (χ0v) is 19.7. The van der Waals surface area contributed by atoms with Crippen LogP contribution in [0.15, 0.2) is 12.1 Å². The van der Waals surface area contributed by atoms with Gasteiger partial charge in [-0.1, -0.05) is 91.8 Å². The monoisotopic (exact) mass is 324 g/mol. The molecule has 0 atom stereocenters. The lowest BCUT2D eigenvalue weighted by Gasteiger charge is -2.35. The molecule has 0 spiro atoms. The van der Waals surface area contributed by atoms with Crippen LogP contribution in [0.2, 0.25) is 58.9 Å². The molecule has 0 aromatic heterocycles. The van der Waals surface area contributed by atoms with Gasteiger partial charge in [-0.3, -0.25) is 0 Å². The highest BCUT2D eigenvalue weighted by molar-refractivity contribution is 7.04. The molecule has 108 valence electrons. The fourth-order valence-corrected chi connectivity index (χ4v) is 16.1. The molecule has 4 heteroatoms. The van der Waals surface area contributed by atoms with Gasteiger partial charge in [0.1, 0.15) is 0 Å². The van der Waals surface area contributed by atoms with E-state index in [9.17, 15) is 0 Å². The van der Waals surface area contributed by atoms with Crippen LogP contribution in [0.3, 0.4) is 0 Å². The van der Waals surface area contributed by atoms with Crippen molar-refractivity contribution in [1.82, 2.24) is 0 Å². The highest BCUT2D eigenvalue weighted by atomic mass is 28.3. The first-order valence-electron chi connectivity index (χ1n) is 7.41. The van der Waals surface area contributed by atoms with E-state index in [4.69, 9.17) is 0 Å². The summed E-state index contributed by atoms with van der Waals surface area (Å²) in [6.07, 6.45) is 0. The standard InChI is InChI=1S/C15H32Si4/c1-17(2,3)13-11-10-12(16)14(18(4,5)6)15(13)19(7,8)9/h10-11H,1-9,16H3. The van der Waals surface area contributed by atoms with Crippen LogP contribution in [0.1, 0.15) is 0 Å². The van der Waals surface area contributed by atoms with E-state index in [1.165, 1.54) is 10.2 Å². The summed E-state index contributed by atoms with van der Waals surface area (Å²) < 4.78 is 0. The molecule has 0 unspecified atom stereocenters. The smallest absolute Gasteiger partial charge is 0.0716 e. The Hall–Kier alpha value is 0.0875. The highest BCUT2D eigenvalue weighted by Gasteiger charge is 2.34. The Morgan fingerprint density at radius 1 is 0.632 bits per heavy atom. The van der Waals surface area contributed by atoms with Crippen molar-refractivity contribution < 1.29 is 0 Å². The van der Waals surface area contributed by atoms with E-state index in [1.807, 2.05) is 10.4 Å². The van der Waals surface area contributed by atoms with Crippen LogP contribution in [0.25, 0.3) is 0 Å². The predicted molar refractivity (Wildman–Crippen MR) is 105 cm³/mol. The topological polar surface area (TPSA) is 0 Å². The summed E-state index contributed by atoms with van der Waals surface area (Å²) in [5.74, 6) is 0. The van der Waals surface area contributed by atoms with Gasteiger partial charge < -0.3 is 0 Å². The fourth-order valence-electron chi connectivity index (χ4n) is 3.08. The van der Waals surface area contributed by atoms with Gasteiger partial charge >= 0.3 is 0 Å². The summed E-state index contributed by atoms with van der Waals surface area (Å²) in [5.41, 5.74) is 0. The van der Waals surface area contributed by atoms with Crippen LogP contribution in [-0.2, 0) is 0 Å². The second kappa shape index (κ2) is 5.13. The molecular formula is C15H32Si4. The molecule has 19 heavy (non-hydrogen) atoms. The Morgan fingerprint density at radius 2 is 1.05 bits per heavy atom. The first-order chi connectivity index (χ1) is 8.26. The molecule has 0 bridgehead atoms.